The van der Waals surface area contributed by atoms with Gasteiger partial charge < -0.3 is 14.4 Å². The van der Waals surface area contributed by atoms with Crippen molar-refractivity contribution < 1.29 is 19.0 Å². The topological polar surface area (TPSA) is 51.5 Å². The van der Waals surface area contributed by atoms with Crippen molar-refractivity contribution in [3.8, 4) is 11.5 Å². The number of carbonyl (C=O) groups excluding carboxylic acids is 1. The van der Waals surface area contributed by atoms with Gasteiger partial charge in [-0.2, -0.15) is 0 Å². The summed E-state index contributed by atoms with van der Waals surface area (Å²) in [5.41, 5.74) is 1.37. The van der Waals surface area contributed by atoms with Gasteiger partial charge in [-0.1, -0.05) is 30.3 Å². The first-order chi connectivity index (χ1) is 12.0. The van der Waals surface area contributed by atoms with Crippen LogP contribution in [-0.4, -0.2) is 15.6 Å². The molecule has 0 aliphatic rings. The summed E-state index contributed by atoms with van der Waals surface area (Å²) in [6.45, 7) is 0. The van der Waals surface area contributed by atoms with E-state index < -0.39 is 17.5 Å². The Hall–Kier alpha value is -3.34. The molecule has 0 spiro atoms. The number of aryl methyl sites for hydroxylation is 1. The quantitative estimate of drug-likeness (QED) is 0.436. The summed E-state index contributed by atoms with van der Waals surface area (Å²) in [7, 11) is 1.86. The van der Waals surface area contributed by atoms with Crippen molar-refractivity contribution >= 4 is 27.6 Å². The molecule has 0 fully saturated rings. The van der Waals surface area contributed by atoms with E-state index in [9.17, 15) is 14.3 Å². The Labute approximate surface area is 142 Å². The van der Waals surface area contributed by atoms with E-state index in [2.05, 4.69) is 0 Å². The third-order valence-electron chi connectivity index (χ3n) is 4.24. The molecule has 0 saturated carbocycles. The first-order valence-electron chi connectivity index (χ1n) is 7.72. The molecule has 1 aromatic heterocycles. The Balaban J connectivity index is 1.73. The number of benzene rings is 3. The van der Waals surface area contributed by atoms with Crippen LogP contribution < -0.4 is 4.74 Å². The number of phenolic OH excluding ortho intramolecular Hbond substituents is 1. The highest BCUT2D eigenvalue weighted by atomic mass is 19.1. The molecule has 124 valence electrons. The number of hydrogen-bond donors (Lipinski definition) is 1. The molecule has 25 heavy (non-hydrogen) atoms. The molecule has 0 aliphatic heterocycles. The Bertz CT molecular complexity index is 1130. The second-order valence-electron chi connectivity index (χ2n) is 5.84. The highest BCUT2D eigenvalue weighted by Crippen LogP contribution is 2.31. The Morgan fingerprint density at radius 3 is 2.68 bits per heavy atom. The van der Waals surface area contributed by atoms with Gasteiger partial charge in [-0.15, -0.1) is 0 Å². The monoisotopic (exact) mass is 335 g/mol. The lowest BCUT2D eigenvalue weighted by molar-refractivity contribution is 0.0737. The zero-order chi connectivity index (χ0) is 17.6. The van der Waals surface area contributed by atoms with E-state index >= 15 is 0 Å². The molecule has 0 aliphatic carbocycles. The molecule has 4 rings (SSSR count). The van der Waals surface area contributed by atoms with Crippen LogP contribution in [0.5, 0.6) is 11.5 Å². The summed E-state index contributed by atoms with van der Waals surface area (Å²) in [6, 6.07) is 15.0. The molecule has 3 aromatic carbocycles. The fourth-order valence-electron chi connectivity index (χ4n) is 2.99. The van der Waals surface area contributed by atoms with E-state index in [1.165, 1.54) is 12.1 Å². The van der Waals surface area contributed by atoms with Gasteiger partial charge in [0.2, 0.25) is 0 Å². The third kappa shape index (κ3) is 2.50. The van der Waals surface area contributed by atoms with E-state index in [1.807, 2.05) is 35.9 Å². The van der Waals surface area contributed by atoms with Crippen molar-refractivity contribution in [1.29, 1.82) is 0 Å². The molecule has 4 aromatic rings. The number of fused-ring (bicyclic) bond motifs is 2. The van der Waals surface area contributed by atoms with Crippen molar-refractivity contribution in [2.45, 2.75) is 0 Å². The summed E-state index contributed by atoms with van der Waals surface area (Å²) in [6.07, 6.45) is 1.71. The molecule has 0 atom stereocenters. The van der Waals surface area contributed by atoms with Gasteiger partial charge >= 0.3 is 5.97 Å². The van der Waals surface area contributed by atoms with Crippen LogP contribution in [0, 0.1) is 5.82 Å². The molecule has 0 amide bonds. The molecular weight excluding hydrogens is 321 g/mol. The number of ether oxygens (including phenoxy) is 1. The van der Waals surface area contributed by atoms with E-state index in [4.69, 9.17) is 4.74 Å². The fraction of sp³-hybridized carbons (Fsp3) is 0.0500. The highest BCUT2D eigenvalue weighted by Gasteiger charge is 2.16. The lowest BCUT2D eigenvalue weighted by Crippen LogP contribution is -2.07. The summed E-state index contributed by atoms with van der Waals surface area (Å²) < 4.78 is 20.8. The molecule has 0 saturated heterocycles. The molecule has 0 unspecified atom stereocenters. The number of carbonyl (C=O) groups is 1. The van der Waals surface area contributed by atoms with Crippen LogP contribution in [0.2, 0.25) is 0 Å². The minimum absolute atomic E-state index is 0.242. The Morgan fingerprint density at radius 2 is 1.84 bits per heavy atom. The number of nitrogens with zero attached hydrogens (tertiary/aromatic N) is 1. The van der Waals surface area contributed by atoms with Crippen LogP contribution in [0.1, 0.15) is 10.4 Å². The second kappa shape index (κ2) is 5.63. The van der Waals surface area contributed by atoms with Crippen LogP contribution in [0.25, 0.3) is 21.7 Å². The fourth-order valence-corrected chi connectivity index (χ4v) is 2.99. The van der Waals surface area contributed by atoms with E-state index in [1.54, 1.807) is 24.4 Å². The van der Waals surface area contributed by atoms with Crippen LogP contribution >= 0.6 is 0 Å². The van der Waals surface area contributed by atoms with Gasteiger partial charge in [0.1, 0.15) is 5.75 Å². The maximum atomic E-state index is 13.5. The van der Waals surface area contributed by atoms with E-state index in [-0.39, 0.29) is 5.75 Å². The minimum Gasteiger partial charge on any atom is -0.504 e. The lowest BCUT2D eigenvalue weighted by atomic mass is 10.1. The van der Waals surface area contributed by atoms with E-state index in [0.29, 0.717) is 16.3 Å². The number of aromatic nitrogens is 1. The SMILES string of the molecule is Cn1cc(C(=O)Oc2ccc3ccc(F)c(O)c3c2)c2ccccc21. The van der Waals surface area contributed by atoms with Gasteiger partial charge in [-0.25, -0.2) is 9.18 Å². The maximum Gasteiger partial charge on any atom is 0.345 e. The van der Waals surface area contributed by atoms with Gasteiger partial charge in [0.15, 0.2) is 11.6 Å². The predicted octanol–water partition coefficient (Wildman–Crippen LogP) is 4.40. The molecule has 1 heterocycles. The number of halogens is 1. The summed E-state index contributed by atoms with van der Waals surface area (Å²) in [5.74, 6) is -1.44. The average Bonchev–Trinajstić information content (AvgIpc) is 2.96. The van der Waals surface area contributed by atoms with Crippen molar-refractivity contribution in [1.82, 2.24) is 4.57 Å². The molecule has 0 radical (unpaired) electrons. The molecule has 0 bridgehead atoms. The summed E-state index contributed by atoms with van der Waals surface area (Å²) in [5, 5.41) is 11.6. The van der Waals surface area contributed by atoms with Crippen molar-refractivity contribution in [3.05, 3.63) is 72.2 Å². The van der Waals surface area contributed by atoms with Gasteiger partial charge in [-0.3, -0.25) is 0 Å². The van der Waals surface area contributed by atoms with Gasteiger partial charge in [0.25, 0.3) is 0 Å². The first-order valence-corrected chi connectivity index (χ1v) is 7.72. The number of phenols is 1. The largest absolute Gasteiger partial charge is 0.504 e. The second-order valence-corrected chi connectivity index (χ2v) is 5.84. The normalized spacial score (nSPS) is 11.1. The summed E-state index contributed by atoms with van der Waals surface area (Å²) >= 11 is 0. The summed E-state index contributed by atoms with van der Waals surface area (Å²) in [4.78, 5) is 12.6. The number of esters is 1. The predicted molar refractivity (Wildman–Crippen MR) is 93.4 cm³/mol. The van der Waals surface area contributed by atoms with Gasteiger partial charge in [-0.05, 0) is 29.7 Å². The van der Waals surface area contributed by atoms with Crippen LogP contribution in [0.3, 0.4) is 0 Å². The number of para-hydroxylation sites is 1. The minimum atomic E-state index is -0.718. The van der Waals surface area contributed by atoms with Crippen LogP contribution in [0.4, 0.5) is 4.39 Å². The zero-order valence-corrected chi connectivity index (χ0v) is 13.4. The zero-order valence-electron chi connectivity index (χ0n) is 13.4. The standard InChI is InChI=1S/C20H14FNO3/c1-22-11-16(14-4-2-3-5-18(14)22)20(24)25-13-8-6-12-7-9-17(21)19(23)15(12)10-13/h2-11,23H,1H3. The highest BCUT2D eigenvalue weighted by molar-refractivity contribution is 6.05. The number of aromatic hydroxyl groups is 1. The lowest BCUT2D eigenvalue weighted by Gasteiger charge is -2.07. The Kier molecular flexibility index (Phi) is 3.42. The third-order valence-corrected chi connectivity index (χ3v) is 4.24. The van der Waals surface area contributed by atoms with Crippen molar-refractivity contribution in [2.75, 3.05) is 0 Å². The van der Waals surface area contributed by atoms with Crippen LogP contribution in [-0.2, 0) is 7.05 Å². The van der Waals surface area contributed by atoms with Gasteiger partial charge in [0, 0.05) is 29.5 Å². The molecule has 1 N–H and O–H groups in total. The van der Waals surface area contributed by atoms with Crippen molar-refractivity contribution in [3.63, 3.8) is 0 Å². The molecule has 4 nitrogen and oxygen atoms in total. The smallest absolute Gasteiger partial charge is 0.345 e. The molecule has 5 heteroatoms. The number of hydrogen-bond acceptors (Lipinski definition) is 3. The first kappa shape index (κ1) is 15.2. The Morgan fingerprint density at radius 1 is 1.08 bits per heavy atom. The molecular formula is C20H14FNO3. The average molecular weight is 335 g/mol. The van der Waals surface area contributed by atoms with E-state index in [0.717, 1.165) is 10.9 Å². The van der Waals surface area contributed by atoms with Crippen LogP contribution in [0.15, 0.2) is 60.8 Å². The van der Waals surface area contributed by atoms with Gasteiger partial charge in [0.05, 0.1) is 5.56 Å². The number of rotatable bonds is 2. The van der Waals surface area contributed by atoms with Crippen molar-refractivity contribution in [2.24, 2.45) is 7.05 Å². The maximum absolute atomic E-state index is 13.5.